The van der Waals surface area contributed by atoms with E-state index in [0.29, 0.717) is 5.92 Å². The fourth-order valence-corrected chi connectivity index (χ4v) is 1.56. The van der Waals surface area contributed by atoms with Crippen LogP contribution in [0.5, 0.6) is 0 Å². The van der Waals surface area contributed by atoms with Crippen LogP contribution >= 0.6 is 22.6 Å². The largest absolute Gasteiger partial charge is 0.398 e. The Morgan fingerprint density at radius 3 is 2.45 bits per heavy atom. The lowest BCUT2D eigenvalue weighted by Crippen LogP contribution is -1.96. The fourth-order valence-electron chi connectivity index (χ4n) is 1.05. The van der Waals surface area contributed by atoms with Crippen LogP contribution in [0.1, 0.15) is 25.3 Å². The summed E-state index contributed by atoms with van der Waals surface area (Å²) in [6, 6.07) is 6.14. The molecule has 0 atom stereocenters. The first-order valence-corrected chi connectivity index (χ1v) is 4.74. The Balaban J connectivity index is 3.13. The van der Waals surface area contributed by atoms with E-state index < -0.39 is 0 Å². The van der Waals surface area contributed by atoms with Crippen LogP contribution in [0.4, 0.5) is 5.69 Å². The van der Waals surface area contributed by atoms with E-state index in [4.69, 9.17) is 5.73 Å². The third kappa shape index (κ3) is 2.09. The van der Waals surface area contributed by atoms with E-state index in [1.807, 2.05) is 12.1 Å². The number of hydrogen-bond acceptors (Lipinski definition) is 1. The zero-order chi connectivity index (χ0) is 8.43. The first-order chi connectivity index (χ1) is 5.11. The summed E-state index contributed by atoms with van der Waals surface area (Å²) in [5.74, 6) is 0.518. The molecule has 1 aromatic carbocycles. The van der Waals surface area contributed by atoms with E-state index in [9.17, 15) is 0 Å². The number of nitrogens with two attached hydrogens (primary N) is 1. The Labute approximate surface area is 81.1 Å². The van der Waals surface area contributed by atoms with E-state index in [1.165, 1.54) is 9.13 Å². The summed E-state index contributed by atoms with van der Waals surface area (Å²) in [4.78, 5) is 0. The number of nitrogen functional groups attached to an aromatic ring is 1. The number of halogens is 1. The lowest BCUT2D eigenvalue weighted by molar-refractivity contribution is 0.869. The molecule has 0 radical (unpaired) electrons. The minimum atomic E-state index is 0.518. The summed E-state index contributed by atoms with van der Waals surface area (Å²) in [6.07, 6.45) is 0. The maximum atomic E-state index is 5.79. The molecule has 0 spiro atoms. The van der Waals surface area contributed by atoms with Gasteiger partial charge in [-0.3, -0.25) is 0 Å². The van der Waals surface area contributed by atoms with Crippen molar-refractivity contribution in [2.45, 2.75) is 19.8 Å². The Morgan fingerprint density at radius 2 is 2.00 bits per heavy atom. The van der Waals surface area contributed by atoms with Crippen LogP contribution in [-0.2, 0) is 0 Å². The molecule has 0 bridgehead atoms. The molecule has 0 aliphatic carbocycles. The van der Waals surface area contributed by atoms with Crippen LogP contribution in [-0.4, -0.2) is 0 Å². The fraction of sp³-hybridized carbons (Fsp3) is 0.333. The van der Waals surface area contributed by atoms with Crippen LogP contribution in [0, 0.1) is 3.57 Å². The standard InChI is InChI=1S/C9H12IN/c1-6(2)8-5-7(10)3-4-9(8)11/h3-6H,11H2,1-2H3. The second kappa shape index (κ2) is 3.43. The molecule has 60 valence electrons. The van der Waals surface area contributed by atoms with Gasteiger partial charge in [-0.25, -0.2) is 0 Å². The van der Waals surface area contributed by atoms with E-state index in [1.54, 1.807) is 0 Å². The molecule has 0 fully saturated rings. The molecule has 11 heavy (non-hydrogen) atoms. The minimum Gasteiger partial charge on any atom is -0.398 e. The zero-order valence-corrected chi connectivity index (χ0v) is 8.92. The van der Waals surface area contributed by atoms with Crippen molar-refractivity contribution in [2.24, 2.45) is 0 Å². The predicted molar refractivity (Wildman–Crippen MR) is 57.7 cm³/mol. The molecule has 0 amide bonds. The Bertz CT molecular complexity index is 256. The average Bonchev–Trinajstić information content (AvgIpc) is 1.94. The van der Waals surface area contributed by atoms with Crippen LogP contribution < -0.4 is 5.73 Å². The first kappa shape index (κ1) is 8.84. The van der Waals surface area contributed by atoms with Crippen LogP contribution in [0.3, 0.4) is 0 Å². The molecule has 0 aromatic heterocycles. The van der Waals surface area contributed by atoms with Gasteiger partial charge in [0.2, 0.25) is 0 Å². The van der Waals surface area contributed by atoms with Gasteiger partial charge < -0.3 is 5.73 Å². The lowest BCUT2D eigenvalue weighted by atomic mass is 10.0. The topological polar surface area (TPSA) is 26.0 Å². The van der Waals surface area contributed by atoms with Crippen molar-refractivity contribution < 1.29 is 0 Å². The van der Waals surface area contributed by atoms with E-state index in [-0.39, 0.29) is 0 Å². The van der Waals surface area contributed by atoms with Crippen molar-refractivity contribution in [3.63, 3.8) is 0 Å². The Kier molecular flexibility index (Phi) is 2.76. The van der Waals surface area contributed by atoms with E-state index >= 15 is 0 Å². The number of rotatable bonds is 1. The number of benzene rings is 1. The molecular weight excluding hydrogens is 249 g/mol. The smallest absolute Gasteiger partial charge is 0.0349 e. The monoisotopic (exact) mass is 261 g/mol. The van der Waals surface area contributed by atoms with Crippen molar-refractivity contribution in [1.29, 1.82) is 0 Å². The molecule has 0 aliphatic heterocycles. The van der Waals surface area contributed by atoms with Gasteiger partial charge in [-0.05, 0) is 52.3 Å². The van der Waals surface area contributed by atoms with Crippen LogP contribution in [0.15, 0.2) is 18.2 Å². The van der Waals surface area contributed by atoms with E-state index in [2.05, 4.69) is 42.5 Å². The predicted octanol–water partition coefficient (Wildman–Crippen LogP) is 3.00. The summed E-state index contributed by atoms with van der Waals surface area (Å²) in [5, 5.41) is 0. The zero-order valence-electron chi connectivity index (χ0n) is 6.76. The molecule has 2 N–H and O–H groups in total. The summed E-state index contributed by atoms with van der Waals surface area (Å²) in [5.41, 5.74) is 7.94. The molecule has 0 unspecified atom stereocenters. The van der Waals surface area contributed by atoms with Gasteiger partial charge in [-0.15, -0.1) is 0 Å². The summed E-state index contributed by atoms with van der Waals surface area (Å²) >= 11 is 2.30. The molecular formula is C9H12IN. The molecule has 2 heteroatoms. The number of hydrogen-bond donors (Lipinski definition) is 1. The van der Waals surface area contributed by atoms with Crippen molar-refractivity contribution in [3.8, 4) is 0 Å². The van der Waals surface area contributed by atoms with Crippen LogP contribution in [0.25, 0.3) is 0 Å². The number of anilines is 1. The SMILES string of the molecule is CC(C)c1cc(I)ccc1N. The van der Waals surface area contributed by atoms with Crippen molar-refractivity contribution in [3.05, 3.63) is 27.3 Å². The van der Waals surface area contributed by atoms with Crippen molar-refractivity contribution in [2.75, 3.05) is 5.73 Å². The summed E-state index contributed by atoms with van der Waals surface area (Å²) in [7, 11) is 0. The third-order valence-corrected chi connectivity index (χ3v) is 2.34. The quantitative estimate of drug-likeness (QED) is 0.610. The minimum absolute atomic E-state index is 0.518. The molecule has 0 aliphatic rings. The lowest BCUT2D eigenvalue weighted by Gasteiger charge is -2.08. The average molecular weight is 261 g/mol. The molecule has 1 rings (SSSR count). The Morgan fingerprint density at radius 1 is 1.36 bits per heavy atom. The highest BCUT2D eigenvalue weighted by Crippen LogP contribution is 2.23. The Hall–Kier alpha value is -0.250. The molecule has 0 saturated carbocycles. The second-order valence-corrected chi connectivity index (χ2v) is 4.17. The summed E-state index contributed by atoms with van der Waals surface area (Å²) in [6.45, 7) is 4.31. The van der Waals surface area contributed by atoms with Crippen molar-refractivity contribution >= 4 is 28.3 Å². The molecule has 1 nitrogen and oxygen atoms in total. The molecule has 1 aromatic rings. The highest BCUT2D eigenvalue weighted by atomic mass is 127. The van der Waals surface area contributed by atoms with Crippen LogP contribution in [0.2, 0.25) is 0 Å². The van der Waals surface area contributed by atoms with Gasteiger partial charge in [0, 0.05) is 9.26 Å². The van der Waals surface area contributed by atoms with Gasteiger partial charge >= 0.3 is 0 Å². The highest BCUT2D eigenvalue weighted by Gasteiger charge is 2.03. The van der Waals surface area contributed by atoms with Crippen molar-refractivity contribution in [1.82, 2.24) is 0 Å². The van der Waals surface area contributed by atoms with Gasteiger partial charge in [-0.1, -0.05) is 13.8 Å². The molecule has 0 heterocycles. The van der Waals surface area contributed by atoms with Gasteiger partial charge in [0.15, 0.2) is 0 Å². The maximum absolute atomic E-state index is 5.79. The van der Waals surface area contributed by atoms with E-state index in [0.717, 1.165) is 5.69 Å². The van der Waals surface area contributed by atoms with Gasteiger partial charge in [-0.2, -0.15) is 0 Å². The molecule has 0 saturated heterocycles. The summed E-state index contributed by atoms with van der Waals surface area (Å²) < 4.78 is 1.25. The normalized spacial score (nSPS) is 10.5. The second-order valence-electron chi connectivity index (χ2n) is 2.93. The van der Waals surface area contributed by atoms with Gasteiger partial charge in [0.05, 0.1) is 0 Å². The maximum Gasteiger partial charge on any atom is 0.0349 e. The first-order valence-electron chi connectivity index (χ1n) is 3.66. The van der Waals surface area contributed by atoms with Gasteiger partial charge in [0.25, 0.3) is 0 Å². The highest BCUT2D eigenvalue weighted by molar-refractivity contribution is 14.1. The third-order valence-electron chi connectivity index (χ3n) is 1.67. The van der Waals surface area contributed by atoms with Gasteiger partial charge in [0.1, 0.15) is 0 Å².